The topological polar surface area (TPSA) is 66.9 Å². The normalized spacial score (nSPS) is 20.3. The smallest absolute Gasteiger partial charge is 0.230 e. The first kappa shape index (κ1) is 11.5. The van der Waals surface area contributed by atoms with Crippen LogP contribution < -0.4 is 10.6 Å². The summed E-state index contributed by atoms with van der Waals surface area (Å²) in [5.74, 6) is 0.485. The number of hydrogen-bond donors (Lipinski definition) is 2. The van der Waals surface area contributed by atoms with Crippen LogP contribution in [0.2, 0.25) is 0 Å². The second kappa shape index (κ2) is 4.88. The molecular weight excluding hydrogens is 224 g/mol. The number of amides is 1. The molecule has 0 spiro atoms. The third-order valence-electron chi connectivity index (χ3n) is 2.60. The van der Waals surface area contributed by atoms with Crippen LogP contribution in [0.4, 0.5) is 5.13 Å². The minimum Gasteiger partial charge on any atom is -0.316 e. The van der Waals surface area contributed by atoms with E-state index in [4.69, 9.17) is 0 Å². The number of carbonyl (C=O) groups excluding carboxylic acids is 1. The van der Waals surface area contributed by atoms with Gasteiger partial charge < -0.3 is 10.6 Å². The molecule has 0 saturated carbocycles. The Bertz CT molecular complexity index is 371. The third-order valence-corrected chi connectivity index (χ3v) is 3.74. The van der Waals surface area contributed by atoms with Crippen LogP contribution in [-0.2, 0) is 4.79 Å². The summed E-state index contributed by atoms with van der Waals surface area (Å²) in [5, 5.41) is 15.6. The highest BCUT2D eigenvalue weighted by atomic mass is 32.1. The SMILES string of the molecule is CC(C)c1nnc(NC(=O)C2CCNC2)s1. The average molecular weight is 240 g/mol. The maximum atomic E-state index is 11.8. The summed E-state index contributed by atoms with van der Waals surface area (Å²) in [6.07, 6.45) is 0.904. The van der Waals surface area contributed by atoms with Crippen LogP contribution in [0.25, 0.3) is 0 Å². The number of anilines is 1. The summed E-state index contributed by atoms with van der Waals surface area (Å²) in [6, 6.07) is 0. The Morgan fingerprint density at radius 1 is 1.56 bits per heavy atom. The average Bonchev–Trinajstić information content (AvgIpc) is 2.87. The first-order chi connectivity index (χ1) is 7.66. The van der Waals surface area contributed by atoms with Gasteiger partial charge in [0.15, 0.2) is 0 Å². The van der Waals surface area contributed by atoms with Crippen molar-refractivity contribution in [2.45, 2.75) is 26.2 Å². The number of hydrogen-bond acceptors (Lipinski definition) is 5. The predicted molar refractivity (Wildman–Crippen MR) is 63.6 cm³/mol. The van der Waals surface area contributed by atoms with E-state index in [1.807, 2.05) is 0 Å². The van der Waals surface area contributed by atoms with Crippen molar-refractivity contribution >= 4 is 22.4 Å². The Morgan fingerprint density at radius 2 is 2.38 bits per heavy atom. The molecule has 5 nitrogen and oxygen atoms in total. The van der Waals surface area contributed by atoms with Gasteiger partial charge in [0, 0.05) is 12.5 Å². The van der Waals surface area contributed by atoms with Gasteiger partial charge in [-0.15, -0.1) is 10.2 Å². The van der Waals surface area contributed by atoms with Crippen LogP contribution in [0, 0.1) is 5.92 Å². The van der Waals surface area contributed by atoms with E-state index < -0.39 is 0 Å². The van der Waals surface area contributed by atoms with Crippen molar-refractivity contribution < 1.29 is 4.79 Å². The Balaban J connectivity index is 1.95. The standard InChI is InChI=1S/C10H16N4OS/c1-6(2)9-13-14-10(16-9)12-8(15)7-3-4-11-5-7/h6-7,11H,3-5H2,1-2H3,(H,12,14,15). The van der Waals surface area contributed by atoms with Gasteiger partial charge in [0.2, 0.25) is 11.0 Å². The van der Waals surface area contributed by atoms with Crippen molar-refractivity contribution in [1.82, 2.24) is 15.5 Å². The first-order valence-corrected chi connectivity index (χ1v) is 6.33. The van der Waals surface area contributed by atoms with Crippen molar-refractivity contribution in [3.8, 4) is 0 Å². The van der Waals surface area contributed by atoms with Gasteiger partial charge in [0.05, 0.1) is 5.92 Å². The predicted octanol–water partition coefficient (Wildman–Crippen LogP) is 1.21. The molecule has 0 radical (unpaired) electrons. The third kappa shape index (κ3) is 2.56. The summed E-state index contributed by atoms with van der Waals surface area (Å²) in [7, 11) is 0. The zero-order chi connectivity index (χ0) is 11.5. The molecule has 1 amide bonds. The molecule has 2 heterocycles. The number of aromatic nitrogens is 2. The number of rotatable bonds is 3. The van der Waals surface area contributed by atoms with Gasteiger partial charge >= 0.3 is 0 Å². The zero-order valence-electron chi connectivity index (χ0n) is 9.49. The molecule has 1 unspecified atom stereocenters. The molecule has 1 atom stereocenters. The van der Waals surface area contributed by atoms with Crippen LogP contribution in [-0.4, -0.2) is 29.2 Å². The molecule has 0 aromatic carbocycles. The van der Waals surface area contributed by atoms with Gasteiger partial charge in [-0.1, -0.05) is 25.2 Å². The van der Waals surface area contributed by atoms with Crippen LogP contribution >= 0.6 is 11.3 Å². The highest BCUT2D eigenvalue weighted by Gasteiger charge is 2.23. The second-order valence-electron chi connectivity index (χ2n) is 4.28. The van der Waals surface area contributed by atoms with E-state index in [9.17, 15) is 4.79 Å². The van der Waals surface area contributed by atoms with Crippen LogP contribution in [0.15, 0.2) is 0 Å². The van der Waals surface area contributed by atoms with Gasteiger partial charge in [-0.25, -0.2) is 0 Å². The van der Waals surface area contributed by atoms with Gasteiger partial charge in [-0.2, -0.15) is 0 Å². The molecule has 16 heavy (non-hydrogen) atoms. The highest BCUT2D eigenvalue weighted by Crippen LogP contribution is 2.23. The largest absolute Gasteiger partial charge is 0.316 e. The minimum absolute atomic E-state index is 0.0523. The maximum Gasteiger partial charge on any atom is 0.230 e. The summed E-state index contributed by atoms with van der Waals surface area (Å²) in [4.78, 5) is 11.8. The molecule has 1 aliphatic heterocycles. The fourth-order valence-electron chi connectivity index (χ4n) is 1.60. The van der Waals surface area contributed by atoms with E-state index in [0.29, 0.717) is 11.0 Å². The highest BCUT2D eigenvalue weighted by molar-refractivity contribution is 7.15. The Labute approximate surface area is 98.7 Å². The maximum absolute atomic E-state index is 11.8. The molecule has 0 bridgehead atoms. The lowest BCUT2D eigenvalue weighted by Gasteiger charge is -2.06. The summed E-state index contributed by atoms with van der Waals surface area (Å²) >= 11 is 1.45. The molecule has 1 aliphatic rings. The molecule has 1 aromatic heterocycles. The lowest BCUT2D eigenvalue weighted by atomic mass is 10.1. The summed E-state index contributed by atoms with van der Waals surface area (Å²) in [5.41, 5.74) is 0. The van der Waals surface area contributed by atoms with Gasteiger partial charge in [0.1, 0.15) is 5.01 Å². The number of carbonyl (C=O) groups is 1. The Kier molecular flexibility index (Phi) is 3.50. The lowest BCUT2D eigenvalue weighted by molar-refractivity contribution is -0.119. The minimum atomic E-state index is 0.0523. The molecule has 1 saturated heterocycles. The van der Waals surface area contributed by atoms with Gasteiger partial charge in [-0.05, 0) is 13.0 Å². The second-order valence-corrected chi connectivity index (χ2v) is 5.29. The summed E-state index contributed by atoms with van der Waals surface area (Å²) in [6.45, 7) is 5.81. The first-order valence-electron chi connectivity index (χ1n) is 5.52. The van der Waals surface area contributed by atoms with Crippen molar-refractivity contribution in [2.24, 2.45) is 5.92 Å². The van der Waals surface area contributed by atoms with Crippen molar-refractivity contribution in [3.63, 3.8) is 0 Å². The molecule has 1 aromatic rings. The lowest BCUT2D eigenvalue weighted by Crippen LogP contribution is -2.24. The van der Waals surface area contributed by atoms with Crippen LogP contribution in [0.5, 0.6) is 0 Å². The molecule has 6 heteroatoms. The van der Waals surface area contributed by atoms with Crippen molar-refractivity contribution in [2.75, 3.05) is 18.4 Å². The van der Waals surface area contributed by atoms with Crippen LogP contribution in [0.3, 0.4) is 0 Å². The zero-order valence-corrected chi connectivity index (χ0v) is 10.3. The molecule has 2 N–H and O–H groups in total. The van der Waals surface area contributed by atoms with Crippen molar-refractivity contribution in [3.05, 3.63) is 5.01 Å². The Morgan fingerprint density at radius 3 is 2.94 bits per heavy atom. The van der Waals surface area contributed by atoms with E-state index in [-0.39, 0.29) is 11.8 Å². The molecular formula is C10H16N4OS. The molecule has 0 aliphatic carbocycles. The van der Waals surface area contributed by atoms with E-state index in [1.54, 1.807) is 0 Å². The summed E-state index contributed by atoms with van der Waals surface area (Å²) < 4.78 is 0. The quantitative estimate of drug-likeness (QED) is 0.833. The van der Waals surface area contributed by atoms with Crippen LogP contribution in [0.1, 0.15) is 31.2 Å². The molecule has 2 rings (SSSR count). The van der Waals surface area contributed by atoms with Gasteiger partial charge in [0.25, 0.3) is 0 Å². The fraction of sp³-hybridized carbons (Fsp3) is 0.700. The van der Waals surface area contributed by atoms with Crippen molar-refractivity contribution in [1.29, 1.82) is 0 Å². The Hall–Kier alpha value is -1.01. The van der Waals surface area contributed by atoms with E-state index in [1.165, 1.54) is 11.3 Å². The fourth-order valence-corrected chi connectivity index (χ4v) is 2.35. The van der Waals surface area contributed by atoms with E-state index in [0.717, 1.165) is 24.5 Å². The molecule has 88 valence electrons. The van der Waals surface area contributed by atoms with E-state index in [2.05, 4.69) is 34.7 Å². The van der Waals surface area contributed by atoms with E-state index >= 15 is 0 Å². The number of nitrogens with zero attached hydrogens (tertiary/aromatic N) is 2. The van der Waals surface area contributed by atoms with Gasteiger partial charge in [-0.3, -0.25) is 4.79 Å². The molecule has 1 fully saturated rings. The number of nitrogens with one attached hydrogen (secondary N) is 2. The monoisotopic (exact) mass is 240 g/mol.